The number of hydrogen-bond acceptors (Lipinski definition) is 2. The smallest absolute Gasteiger partial charge is 0.225 e. The molecule has 0 aromatic heterocycles. The van der Waals surface area contributed by atoms with Crippen LogP contribution in [-0.2, 0) is 16.0 Å². The molecule has 2 aliphatic rings. The van der Waals surface area contributed by atoms with E-state index in [9.17, 15) is 9.59 Å². The van der Waals surface area contributed by atoms with Crippen LogP contribution in [0.5, 0.6) is 0 Å². The minimum atomic E-state index is -0.159. The lowest BCUT2D eigenvalue weighted by Gasteiger charge is -2.15. The topological polar surface area (TPSA) is 49.4 Å². The Labute approximate surface area is 131 Å². The van der Waals surface area contributed by atoms with Crippen molar-refractivity contribution in [2.75, 3.05) is 13.1 Å². The second-order valence-corrected chi connectivity index (χ2v) is 6.64. The lowest BCUT2D eigenvalue weighted by atomic mass is 10.0. The minimum absolute atomic E-state index is 0.0281. The number of aryl methyl sites for hydroxylation is 2. The Morgan fingerprint density at radius 1 is 1.27 bits per heavy atom. The average molecular weight is 300 g/mol. The highest BCUT2D eigenvalue weighted by Crippen LogP contribution is 2.32. The zero-order valence-corrected chi connectivity index (χ0v) is 13.4. The number of nitrogens with one attached hydrogen (secondary N) is 1. The summed E-state index contributed by atoms with van der Waals surface area (Å²) in [5, 5.41) is 2.99. The maximum absolute atomic E-state index is 12.2. The maximum atomic E-state index is 12.2. The number of amides is 2. The van der Waals surface area contributed by atoms with Crippen LogP contribution in [-0.4, -0.2) is 35.8 Å². The van der Waals surface area contributed by atoms with Gasteiger partial charge in [0.05, 0.1) is 5.92 Å². The van der Waals surface area contributed by atoms with Crippen molar-refractivity contribution in [2.45, 2.75) is 45.6 Å². The third-order valence-corrected chi connectivity index (χ3v) is 4.80. The van der Waals surface area contributed by atoms with Crippen LogP contribution in [0.4, 0.5) is 0 Å². The normalized spacial score (nSPS) is 21.3. The van der Waals surface area contributed by atoms with Crippen LogP contribution >= 0.6 is 0 Å². The van der Waals surface area contributed by atoms with E-state index in [1.54, 1.807) is 0 Å². The summed E-state index contributed by atoms with van der Waals surface area (Å²) in [6.45, 7) is 5.45. The van der Waals surface area contributed by atoms with Gasteiger partial charge in [0.25, 0.3) is 0 Å². The molecule has 0 radical (unpaired) electrons. The summed E-state index contributed by atoms with van der Waals surface area (Å²) >= 11 is 0. The van der Waals surface area contributed by atoms with E-state index in [2.05, 4.69) is 37.4 Å². The number of carbonyl (C=O) groups excluding carboxylic acids is 2. The molecule has 1 aromatic rings. The zero-order chi connectivity index (χ0) is 15.7. The van der Waals surface area contributed by atoms with E-state index in [-0.39, 0.29) is 17.7 Å². The molecule has 2 fully saturated rings. The van der Waals surface area contributed by atoms with Gasteiger partial charge in [-0.3, -0.25) is 9.59 Å². The Balaban J connectivity index is 1.46. The van der Waals surface area contributed by atoms with E-state index in [1.165, 1.54) is 16.7 Å². The first kappa shape index (κ1) is 15.1. The third-order valence-electron chi connectivity index (χ3n) is 4.80. The predicted octanol–water partition coefficient (Wildman–Crippen LogP) is 1.97. The second-order valence-electron chi connectivity index (χ2n) is 6.64. The van der Waals surface area contributed by atoms with Crippen molar-refractivity contribution in [3.63, 3.8) is 0 Å². The van der Waals surface area contributed by atoms with E-state index >= 15 is 0 Å². The van der Waals surface area contributed by atoms with Crippen molar-refractivity contribution < 1.29 is 9.59 Å². The van der Waals surface area contributed by atoms with Crippen LogP contribution in [0.1, 0.15) is 36.0 Å². The van der Waals surface area contributed by atoms with Gasteiger partial charge in [0, 0.05) is 25.6 Å². The van der Waals surface area contributed by atoms with E-state index in [1.807, 2.05) is 4.90 Å². The molecule has 22 heavy (non-hydrogen) atoms. The number of carbonyl (C=O) groups is 2. The van der Waals surface area contributed by atoms with Gasteiger partial charge >= 0.3 is 0 Å². The summed E-state index contributed by atoms with van der Waals surface area (Å²) in [6, 6.07) is 6.83. The average Bonchev–Trinajstić information content (AvgIpc) is 3.25. The third kappa shape index (κ3) is 3.32. The Bertz CT molecular complexity index is 593. The molecule has 4 nitrogen and oxygen atoms in total. The standard InChI is InChI=1S/C18H24N2O2/c1-12-3-4-14(9-13(12)2)7-8-19-18(22)15-10-17(21)20(11-15)16-5-6-16/h3-4,9,15-16H,5-8,10-11H2,1-2H3,(H,19,22). The van der Waals surface area contributed by atoms with E-state index < -0.39 is 0 Å². The van der Waals surface area contributed by atoms with Gasteiger partial charge in [-0.05, 0) is 49.8 Å². The molecular formula is C18H24N2O2. The summed E-state index contributed by atoms with van der Waals surface area (Å²) in [5.74, 6) is 0.0185. The van der Waals surface area contributed by atoms with Crippen LogP contribution in [0.2, 0.25) is 0 Å². The minimum Gasteiger partial charge on any atom is -0.355 e. The molecule has 1 saturated carbocycles. The maximum Gasteiger partial charge on any atom is 0.225 e. The molecule has 1 unspecified atom stereocenters. The van der Waals surface area contributed by atoms with Gasteiger partial charge < -0.3 is 10.2 Å². The van der Waals surface area contributed by atoms with Gasteiger partial charge in [-0.25, -0.2) is 0 Å². The van der Waals surface area contributed by atoms with Crippen LogP contribution in [0.25, 0.3) is 0 Å². The van der Waals surface area contributed by atoms with E-state index in [0.29, 0.717) is 25.6 Å². The molecular weight excluding hydrogens is 276 g/mol. The van der Waals surface area contributed by atoms with Crippen molar-refractivity contribution in [3.05, 3.63) is 34.9 Å². The second kappa shape index (κ2) is 6.11. The van der Waals surface area contributed by atoms with Crippen LogP contribution < -0.4 is 5.32 Å². The van der Waals surface area contributed by atoms with Crippen LogP contribution in [0, 0.1) is 19.8 Å². The van der Waals surface area contributed by atoms with Gasteiger partial charge in [0.1, 0.15) is 0 Å². The quantitative estimate of drug-likeness (QED) is 0.904. The first-order valence-corrected chi connectivity index (χ1v) is 8.18. The number of benzene rings is 1. The molecule has 118 valence electrons. The molecule has 1 atom stereocenters. The van der Waals surface area contributed by atoms with Crippen LogP contribution in [0.15, 0.2) is 18.2 Å². The number of nitrogens with zero attached hydrogens (tertiary/aromatic N) is 1. The SMILES string of the molecule is Cc1ccc(CCNC(=O)C2CC(=O)N(C3CC3)C2)cc1C. The zero-order valence-electron chi connectivity index (χ0n) is 13.4. The first-order valence-electron chi connectivity index (χ1n) is 8.18. The fourth-order valence-corrected chi connectivity index (χ4v) is 3.08. The first-order chi connectivity index (χ1) is 10.5. The Kier molecular flexibility index (Phi) is 4.19. The summed E-state index contributed by atoms with van der Waals surface area (Å²) in [5.41, 5.74) is 3.81. The van der Waals surface area contributed by atoms with Gasteiger partial charge in [-0.15, -0.1) is 0 Å². The summed E-state index contributed by atoms with van der Waals surface area (Å²) in [6.07, 6.45) is 3.42. The molecule has 1 aromatic carbocycles. The molecule has 1 aliphatic heterocycles. The van der Waals surface area contributed by atoms with Gasteiger partial charge in [-0.2, -0.15) is 0 Å². The highest BCUT2D eigenvalue weighted by Gasteiger charge is 2.41. The molecule has 3 rings (SSSR count). The lowest BCUT2D eigenvalue weighted by molar-refractivity contribution is -0.129. The van der Waals surface area contributed by atoms with Crippen molar-refractivity contribution in [2.24, 2.45) is 5.92 Å². The molecule has 0 bridgehead atoms. The Hall–Kier alpha value is -1.84. The fraction of sp³-hybridized carbons (Fsp3) is 0.556. The molecule has 1 aliphatic carbocycles. The highest BCUT2D eigenvalue weighted by molar-refractivity contribution is 5.89. The summed E-state index contributed by atoms with van der Waals surface area (Å²) in [4.78, 5) is 26.0. The van der Waals surface area contributed by atoms with Gasteiger partial charge in [-0.1, -0.05) is 18.2 Å². The Morgan fingerprint density at radius 2 is 2.05 bits per heavy atom. The van der Waals surface area contributed by atoms with Gasteiger partial charge in [0.15, 0.2) is 0 Å². The molecule has 0 spiro atoms. The molecule has 1 saturated heterocycles. The lowest BCUT2D eigenvalue weighted by Crippen LogP contribution is -2.34. The van der Waals surface area contributed by atoms with E-state index in [0.717, 1.165) is 19.3 Å². The van der Waals surface area contributed by atoms with Crippen molar-refractivity contribution in [1.82, 2.24) is 10.2 Å². The molecule has 1 N–H and O–H groups in total. The predicted molar refractivity (Wildman–Crippen MR) is 85.5 cm³/mol. The number of rotatable bonds is 5. The van der Waals surface area contributed by atoms with Crippen molar-refractivity contribution in [3.8, 4) is 0 Å². The number of likely N-dealkylation sites (tertiary alicyclic amines) is 1. The Morgan fingerprint density at radius 3 is 2.73 bits per heavy atom. The van der Waals surface area contributed by atoms with E-state index in [4.69, 9.17) is 0 Å². The van der Waals surface area contributed by atoms with Crippen LogP contribution in [0.3, 0.4) is 0 Å². The summed E-state index contributed by atoms with van der Waals surface area (Å²) < 4.78 is 0. The molecule has 1 heterocycles. The number of hydrogen-bond donors (Lipinski definition) is 1. The molecule has 2 amide bonds. The monoisotopic (exact) mass is 300 g/mol. The van der Waals surface area contributed by atoms with Crippen molar-refractivity contribution in [1.29, 1.82) is 0 Å². The van der Waals surface area contributed by atoms with Gasteiger partial charge in [0.2, 0.25) is 11.8 Å². The van der Waals surface area contributed by atoms with Crippen molar-refractivity contribution >= 4 is 11.8 Å². The largest absolute Gasteiger partial charge is 0.355 e. The highest BCUT2D eigenvalue weighted by atomic mass is 16.2. The molecule has 4 heteroatoms. The summed E-state index contributed by atoms with van der Waals surface area (Å²) in [7, 11) is 0. The fourth-order valence-electron chi connectivity index (χ4n) is 3.08.